The molecule has 5 heteroatoms. The number of aromatic nitrogens is 2. The van der Waals surface area contributed by atoms with E-state index in [0.29, 0.717) is 0 Å². The van der Waals surface area contributed by atoms with E-state index in [1.165, 1.54) is 6.92 Å². The van der Waals surface area contributed by atoms with Crippen molar-refractivity contribution in [3.63, 3.8) is 0 Å². The van der Waals surface area contributed by atoms with Crippen molar-refractivity contribution in [3.05, 3.63) is 42.2 Å². The highest BCUT2D eigenvalue weighted by atomic mass is 16.5. The Labute approximate surface area is 114 Å². The number of nitrogens with one attached hydrogen (secondary N) is 1. The van der Waals surface area contributed by atoms with E-state index in [1.807, 2.05) is 24.3 Å². The minimum atomic E-state index is -0.590. The molecule has 0 spiro atoms. The van der Waals surface area contributed by atoms with Gasteiger partial charge >= 0.3 is 5.97 Å². The van der Waals surface area contributed by atoms with E-state index in [9.17, 15) is 9.59 Å². The maximum Gasteiger partial charge on any atom is 0.357 e. The van der Waals surface area contributed by atoms with Crippen LogP contribution in [-0.2, 0) is 9.53 Å². The summed E-state index contributed by atoms with van der Waals surface area (Å²) in [6, 6.07) is 9.48. The molecule has 1 aromatic carbocycles. The molecule has 5 nitrogen and oxygen atoms in total. The lowest BCUT2D eigenvalue weighted by atomic mass is 10.1. The van der Waals surface area contributed by atoms with Crippen LogP contribution in [0.5, 0.6) is 0 Å². The van der Waals surface area contributed by atoms with Crippen molar-refractivity contribution in [2.75, 3.05) is 6.61 Å². The predicted molar refractivity (Wildman–Crippen MR) is 74.6 cm³/mol. The van der Waals surface area contributed by atoms with Crippen molar-refractivity contribution in [1.29, 1.82) is 0 Å². The number of hydrogen-bond donors (Lipinski definition) is 1. The number of pyridine rings is 1. The summed E-state index contributed by atoms with van der Waals surface area (Å²) in [6.07, 6.45) is 1.60. The van der Waals surface area contributed by atoms with Crippen molar-refractivity contribution in [1.82, 2.24) is 9.97 Å². The lowest BCUT2D eigenvalue weighted by Crippen LogP contribution is -2.12. The Bertz CT molecular complexity index is 820. The van der Waals surface area contributed by atoms with Gasteiger partial charge in [0.25, 0.3) is 0 Å². The highest BCUT2D eigenvalue weighted by molar-refractivity contribution is 6.08. The topological polar surface area (TPSA) is 72.1 Å². The second-order valence-corrected chi connectivity index (χ2v) is 4.56. The lowest BCUT2D eigenvalue weighted by Gasteiger charge is -2.01. The van der Waals surface area contributed by atoms with Gasteiger partial charge in [0.15, 0.2) is 5.78 Å². The summed E-state index contributed by atoms with van der Waals surface area (Å²) in [4.78, 5) is 29.9. The number of esters is 1. The van der Waals surface area contributed by atoms with Gasteiger partial charge in [0.1, 0.15) is 12.3 Å². The van der Waals surface area contributed by atoms with E-state index in [4.69, 9.17) is 4.74 Å². The Morgan fingerprint density at radius 3 is 2.80 bits per heavy atom. The zero-order valence-electron chi connectivity index (χ0n) is 10.8. The second kappa shape index (κ2) is 4.77. The normalized spacial score (nSPS) is 10.8. The van der Waals surface area contributed by atoms with Gasteiger partial charge in [0.05, 0.1) is 11.7 Å². The third kappa shape index (κ3) is 2.14. The third-order valence-electron chi connectivity index (χ3n) is 3.01. The number of fused-ring (bicyclic) bond motifs is 3. The zero-order valence-corrected chi connectivity index (χ0v) is 10.8. The van der Waals surface area contributed by atoms with E-state index in [-0.39, 0.29) is 18.1 Å². The molecule has 0 atom stereocenters. The first-order valence-electron chi connectivity index (χ1n) is 6.18. The number of para-hydroxylation sites is 1. The molecule has 0 aliphatic rings. The lowest BCUT2D eigenvalue weighted by molar-refractivity contribution is -0.120. The van der Waals surface area contributed by atoms with E-state index in [2.05, 4.69) is 9.97 Å². The molecule has 100 valence electrons. The number of carbonyl (C=O) groups excluding carboxylic acids is 2. The summed E-state index contributed by atoms with van der Waals surface area (Å²) in [5.41, 5.74) is 2.04. The Hall–Kier alpha value is -2.69. The fourth-order valence-corrected chi connectivity index (χ4v) is 2.10. The van der Waals surface area contributed by atoms with Crippen LogP contribution < -0.4 is 0 Å². The van der Waals surface area contributed by atoms with Crippen molar-refractivity contribution < 1.29 is 14.3 Å². The Morgan fingerprint density at radius 1 is 1.20 bits per heavy atom. The first-order valence-corrected chi connectivity index (χ1v) is 6.18. The Balaban J connectivity index is 2.03. The van der Waals surface area contributed by atoms with Gasteiger partial charge in [0, 0.05) is 16.3 Å². The minimum Gasteiger partial charge on any atom is -0.453 e. The van der Waals surface area contributed by atoms with Gasteiger partial charge in [-0.1, -0.05) is 18.2 Å². The molecule has 0 radical (unpaired) electrons. The quantitative estimate of drug-likeness (QED) is 0.741. The SMILES string of the molecule is CC(=O)COC(=O)c1cc2c(cn1)[nH]c1ccccc12. The maximum atomic E-state index is 11.8. The van der Waals surface area contributed by atoms with Crippen LogP contribution in [0.25, 0.3) is 21.8 Å². The first-order chi connectivity index (χ1) is 9.65. The van der Waals surface area contributed by atoms with Gasteiger partial charge < -0.3 is 9.72 Å². The molecule has 1 N–H and O–H groups in total. The van der Waals surface area contributed by atoms with E-state index >= 15 is 0 Å². The van der Waals surface area contributed by atoms with Crippen LogP contribution in [0, 0.1) is 0 Å². The van der Waals surface area contributed by atoms with Crippen LogP contribution in [0.4, 0.5) is 0 Å². The Kier molecular flexibility index (Phi) is 2.95. The molecule has 0 saturated heterocycles. The zero-order chi connectivity index (χ0) is 14.1. The number of nitrogens with zero attached hydrogens (tertiary/aromatic N) is 1. The number of ketones is 1. The summed E-state index contributed by atoms with van der Waals surface area (Å²) < 4.78 is 4.87. The second-order valence-electron chi connectivity index (χ2n) is 4.56. The molecule has 0 fully saturated rings. The van der Waals surface area contributed by atoms with E-state index in [1.54, 1.807) is 12.3 Å². The standard InChI is InChI=1S/C15H12N2O3/c1-9(18)8-20-15(19)13-6-11-10-4-2-3-5-12(10)17-14(11)7-16-13/h2-7,17H,8H2,1H3. The highest BCUT2D eigenvalue weighted by Gasteiger charge is 2.12. The van der Waals surface area contributed by atoms with Crippen LogP contribution >= 0.6 is 0 Å². The van der Waals surface area contributed by atoms with Crippen LogP contribution in [0.1, 0.15) is 17.4 Å². The Morgan fingerprint density at radius 2 is 2.00 bits per heavy atom. The van der Waals surface area contributed by atoms with E-state index in [0.717, 1.165) is 21.8 Å². The number of H-pyrrole nitrogens is 1. The molecule has 2 aromatic heterocycles. The van der Waals surface area contributed by atoms with Crippen molar-refractivity contribution >= 4 is 33.6 Å². The largest absolute Gasteiger partial charge is 0.453 e. The van der Waals surface area contributed by atoms with Crippen molar-refractivity contribution in [2.24, 2.45) is 0 Å². The average molecular weight is 268 g/mol. The average Bonchev–Trinajstić information content (AvgIpc) is 2.82. The summed E-state index contributed by atoms with van der Waals surface area (Å²) in [6.45, 7) is 1.13. The molecule has 0 bridgehead atoms. The predicted octanol–water partition coefficient (Wildman–Crippen LogP) is 2.46. The van der Waals surface area contributed by atoms with Crippen LogP contribution in [-0.4, -0.2) is 28.3 Å². The summed E-state index contributed by atoms with van der Waals surface area (Å²) in [7, 11) is 0. The molecule has 0 amide bonds. The molecule has 0 aliphatic heterocycles. The molecular weight excluding hydrogens is 256 g/mol. The van der Waals surface area contributed by atoms with Crippen molar-refractivity contribution in [3.8, 4) is 0 Å². The van der Waals surface area contributed by atoms with Gasteiger partial charge in [-0.25, -0.2) is 9.78 Å². The first kappa shape index (κ1) is 12.3. The number of hydrogen-bond acceptors (Lipinski definition) is 4. The number of aromatic amines is 1. The third-order valence-corrected chi connectivity index (χ3v) is 3.01. The van der Waals surface area contributed by atoms with Crippen LogP contribution in [0.2, 0.25) is 0 Å². The smallest absolute Gasteiger partial charge is 0.357 e. The van der Waals surface area contributed by atoms with Gasteiger partial charge in [-0.05, 0) is 19.1 Å². The fourth-order valence-electron chi connectivity index (χ4n) is 2.10. The molecular formula is C15H12N2O3. The maximum absolute atomic E-state index is 11.8. The van der Waals surface area contributed by atoms with Crippen molar-refractivity contribution in [2.45, 2.75) is 6.92 Å². The number of benzene rings is 1. The van der Waals surface area contributed by atoms with E-state index < -0.39 is 5.97 Å². The molecule has 20 heavy (non-hydrogen) atoms. The molecule has 0 saturated carbocycles. The number of rotatable bonds is 3. The molecule has 3 aromatic rings. The summed E-state index contributed by atoms with van der Waals surface area (Å²) >= 11 is 0. The molecule has 2 heterocycles. The van der Waals surface area contributed by atoms with Gasteiger partial charge in [-0.15, -0.1) is 0 Å². The molecule has 3 rings (SSSR count). The fraction of sp³-hybridized carbons (Fsp3) is 0.133. The molecule has 0 aliphatic carbocycles. The summed E-state index contributed by atoms with van der Waals surface area (Å²) in [5.74, 6) is -0.793. The highest BCUT2D eigenvalue weighted by Crippen LogP contribution is 2.25. The monoisotopic (exact) mass is 268 g/mol. The number of carbonyl (C=O) groups is 2. The van der Waals surface area contributed by atoms with Gasteiger partial charge in [-0.3, -0.25) is 4.79 Å². The van der Waals surface area contributed by atoms with Gasteiger partial charge in [0.2, 0.25) is 0 Å². The van der Waals surface area contributed by atoms with Crippen LogP contribution in [0.3, 0.4) is 0 Å². The van der Waals surface area contributed by atoms with Crippen LogP contribution in [0.15, 0.2) is 36.5 Å². The minimum absolute atomic E-state index is 0.198. The summed E-state index contributed by atoms with van der Waals surface area (Å²) in [5, 5.41) is 1.93. The number of Topliss-reactive ketones (excluding diaryl/α,β-unsaturated/α-hetero) is 1. The van der Waals surface area contributed by atoms with Gasteiger partial charge in [-0.2, -0.15) is 0 Å². The molecule has 0 unspecified atom stereocenters. The number of ether oxygens (including phenoxy) is 1.